The summed E-state index contributed by atoms with van der Waals surface area (Å²) in [5.74, 6) is -2.26. The van der Waals surface area contributed by atoms with Gasteiger partial charge in [-0.15, -0.1) is 0 Å². The molecule has 3 nitrogen and oxygen atoms in total. The Bertz CT molecular complexity index is 645. The summed E-state index contributed by atoms with van der Waals surface area (Å²) in [6.45, 7) is 1.30. The van der Waals surface area contributed by atoms with Crippen molar-refractivity contribution in [3.05, 3.63) is 35.4 Å². The number of methoxy groups -OCH3 is 1. The molecule has 0 spiro atoms. The van der Waals surface area contributed by atoms with Crippen LogP contribution in [0.2, 0.25) is 0 Å². The molecule has 2 unspecified atom stereocenters. The van der Waals surface area contributed by atoms with Crippen molar-refractivity contribution in [2.24, 2.45) is 5.41 Å². The maximum absolute atomic E-state index is 12.6. The molecular weight excluding hydrogens is 352 g/mol. The largest absolute Gasteiger partial charge is 0.468 e. The number of halogens is 6. The predicted molar refractivity (Wildman–Crippen MR) is 75.2 cm³/mol. The van der Waals surface area contributed by atoms with Crippen molar-refractivity contribution in [2.75, 3.05) is 7.11 Å². The Morgan fingerprint density at radius 3 is 2.00 bits per heavy atom. The number of nitrogens with zero attached hydrogens (tertiary/aromatic N) is 1. The van der Waals surface area contributed by atoms with Gasteiger partial charge in [0.1, 0.15) is 0 Å². The molecule has 25 heavy (non-hydrogen) atoms. The van der Waals surface area contributed by atoms with Gasteiger partial charge in [-0.3, -0.25) is 4.79 Å². The zero-order valence-electron chi connectivity index (χ0n) is 13.3. The highest BCUT2D eigenvalue weighted by molar-refractivity contribution is 5.81. The number of esters is 1. The van der Waals surface area contributed by atoms with Crippen molar-refractivity contribution >= 4 is 5.97 Å². The van der Waals surface area contributed by atoms with Crippen molar-refractivity contribution in [1.29, 1.82) is 5.26 Å². The molecule has 0 saturated heterocycles. The lowest BCUT2D eigenvalue weighted by Crippen LogP contribution is -2.37. The Balaban J connectivity index is 3.25. The normalized spacial score (nSPS) is 15.8. The topological polar surface area (TPSA) is 50.1 Å². The Morgan fingerprint density at radius 2 is 1.64 bits per heavy atom. The van der Waals surface area contributed by atoms with Crippen molar-refractivity contribution in [3.8, 4) is 6.07 Å². The number of ether oxygens (including phenoxy) is 1. The van der Waals surface area contributed by atoms with E-state index in [1.54, 1.807) is 6.07 Å². The van der Waals surface area contributed by atoms with Gasteiger partial charge in [0, 0.05) is 12.3 Å². The smallest absolute Gasteiger partial charge is 0.416 e. The van der Waals surface area contributed by atoms with Crippen LogP contribution in [0.4, 0.5) is 26.3 Å². The molecule has 2 atom stereocenters. The second-order valence-corrected chi connectivity index (χ2v) is 5.53. The van der Waals surface area contributed by atoms with E-state index in [1.807, 2.05) is 0 Å². The average Bonchev–Trinajstić information content (AvgIpc) is 2.53. The van der Waals surface area contributed by atoms with Crippen LogP contribution < -0.4 is 0 Å². The van der Waals surface area contributed by atoms with E-state index in [0.29, 0.717) is 0 Å². The molecule has 0 fully saturated rings. The zero-order valence-corrected chi connectivity index (χ0v) is 13.3. The fourth-order valence-electron chi connectivity index (χ4n) is 2.46. The molecule has 0 saturated carbocycles. The predicted octanol–water partition coefficient (Wildman–Crippen LogP) is 4.83. The molecule has 1 aromatic carbocycles. The summed E-state index contributed by atoms with van der Waals surface area (Å²) in [6.07, 6.45) is -11.4. The van der Waals surface area contributed by atoms with Crippen LogP contribution in [-0.4, -0.2) is 19.3 Å². The number of hydrogen-bond acceptors (Lipinski definition) is 3. The Hall–Kier alpha value is -2.24. The summed E-state index contributed by atoms with van der Waals surface area (Å²) < 4.78 is 80.0. The summed E-state index contributed by atoms with van der Waals surface area (Å²) in [6, 6.07) is 5.15. The molecule has 1 rings (SSSR count). The fourth-order valence-corrected chi connectivity index (χ4v) is 2.46. The van der Waals surface area contributed by atoms with E-state index >= 15 is 0 Å². The summed E-state index contributed by atoms with van der Waals surface area (Å²) >= 11 is 0. The van der Waals surface area contributed by atoms with Gasteiger partial charge in [-0.05, 0) is 24.1 Å². The highest BCUT2D eigenvalue weighted by Crippen LogP contribution is 2.43. The van der Waals surface area contributed by atoms with E-state index in [2.05, 4.69) is 4.74 Å². The van der Waals surface area contributed by atoms with Gasteiger partial charge in [-0.2, -0.15) is 31.6 Å². The molecule has 0 heterocycles. The van der Waals surface area contributed by atoms with Gasteiger partial charge in [0.25, 0.3) is 0 Å². The van der Waals surface area contributed by atoms with Crippen LogP contribution in [0.15, 0.2) is 24.3 Å². The first-order valence-corrected chi connectivity index (χ1v) is 7.11. The number of alkyl halides is 6. The molecule has 0 aromatic heterocycles. The minimum atomic E-state index is -4.60. The van der Waals surface area contributed by atoms with E-state index < -0.39 is 48.1 Å². The lowest BCUT2D eigenvalue weighted by atomic mass is 9.71. The van der Waals surface area contributed by atoms with Gasteiger partial charge in [-0.1, -0.05) is 19.1 Å². The summed E-state index contributed by atoms with van der Waals surface area (Å²) in [4.78, 5) is 12.0. The molecular formula is C16H15F6NO2. The van der Waals surface area contributed by atoms with Crippen LogP contribution in [0, 0.1) is 16.7 Å². The van der Waals surface area contributed by atoms with Crippen LogP contribution in [0.5, 0.6) is 0 Å². The van der Waals surface area contributed by atoms with Gasteiger partial charge < -0.3 is 4.74 Å². The molecule has 138 valence electrons. The lowest BCUT2D eigenvalue weighted by Gasteiger charge is -2.31. The average molecular weight is 367 g/mol. The number of hydrogen-bond donors (Lipinski definition) is 0. The van der Waals surface area contributed by atoms with Crippen molar-refractivity contribution in [3.63, 3.8) is 0 Å². The highest BCUT2D eigenvalue weighted by atomic mass is 19.4. The minimum Gasteiger partial charge on any atom is -0.468 e. The lowest BCUT2D eigenvalue weighted by molar-refractivity contribution is -0.158. The first kappa shape index (κ1) is 20.8. The quantitative estimate of drug-likeness (QED) is 0.553. The highest BCUT2D eigenvalue weighted by Gasteiger charge is 2.48. The monoisotopic (exact) mass is 367 g/mol. The Labute approximate surface area is 140 Å². The van der Waals surface area contributed by atoms with Crippen LogP contribution >= 0.6 is 0 Å². The molecule has 0 N–H and O–H groups in total. The molecule has 9 heteroatoms. The van der Waals surface area contributed by atoms with E-state index in [-0.39, 0.29) is 5.56 Å². The van der Waals surface area contributed by atoms with Gasteiger partial charge in [0.15, 0.2) is 5.41 Å². The van der Waals surface area contributed by atoms with Gasteiger partial charge in [-0.25, -0.2) is 0 Å². The van der Waals surface area contributed by atoms with E-state index in [4.69, 9.17) is 0 Å². The molecule has 0 aliphatic carbocycles. The van der Waals surface area contributed by atoms with Crippen LogP contribution in [-0.2, 0) is 15.7 Å². The van der Waals surface area contributed by atoms with Gasteiger partial charge in [0.05, 0.1) is 18.7 Å². The number of nitriles is 1. The maximum Gasteiger partial charge on any atom is 0.416 e. The van der Waals surface area contributed by atoms with E-state index in [0.717, 1.165) is 31.4 Å². The second-order valence-electron chi connectivity index (χ2n) is 5.53. The summed E-state index contributed by atoms with van der Waals surface area (Å²) in [7, 11) is 0.932. The first-order valence-electron chi connectivity index (χ1n) is 7.11. The molecule has 0 aliphatic rings. The zero-order chi connectivity index (χ0) is 19.5. The molecule has 0 radical (unpaired) electrons. The maximum atomic E-state index is 12.6. The number of carbonyl (C=O) groups excluding carboxylic acids is 1. The molecule has 0 bridgehead atoms. The molecule has 0 aliphatic heterocycles. The van der Waals surface area contributed by atoms with Crippen LogP contribution in [0.1, 0.15) is 36.8 Å². The van der Waals surface area contributed by atoms with Crippen molar-refractivity contribution < 1.29 is 35.9 Å². The SMILES string of the molecule is COC(=O)C(C#N)(CCC(F)(F)F)C(C)c1ccc(C(F)(F)F)cc1. The fraction of sp³-hybridized carbons (Fsp3) is 0.500. The number of rotatable bonds is 5. The summed E-state index contributed by atoms with van der Waals surface area (Å²) in [5.41, 5.74) is -2.98. The molecule has 1 aromatic rings. The van der Waals surface area contributed by atoms with E-state index in [1.165, 1.54) is 6.92 Å². The third kappa shape index (κ3) is 4.87. The third-order valence-corrected chi connectivity index (χ3v) is 4.03. The molecule has 0 amide bonds. The van der Waals surface area contributed by atoms with Crippen molar-refractivity contribution in [2.45, 2.75) is 38.0 Å². The summed E-state index contributed by atoms with van der Waals surface area (Å²) in [5, 5.41) is 9.39. The van der Waals surface area contributed by atoms with Crippen LogP contribution in [0.3, 0.4) is 0 Å². The van der Waals surface area contributed by atoms with Gasteiger partial charge in [0.2, 0.25) is 0 Å². The minimum absolute atomic E-state index is 0.127. The first-order chi connectivity index (χ1) is 11.4. The van der Waals surface area contributed by atoms with Crippen molar-refractivity contribution in [1.82, 2.24) is 0 Å². The standard InChI is InChI=1S/C16H15F6NO2/c1-10(11-3-5-12(6-4-11)16(20,21)22)14(9-23,13(24)25-2)7-8-15(17,18)19/h3-6,10H,7-8H2,1-2H3. The number of benzene rings is 1. The van der Waals surface area contributed by atoms with Gasteiger partial charge >= 0.3 is 18.3 Å². The van der Waals surface area contributed by atoms with Crippen LogP contribution in [0.25, 0.3) is 0 Å². The Morgan fingerprint density at radius 1 is 1.12 bits per heavy atom. The van der Waals surface area contributed by atoms with E-state index in [9.17, 15) is 36.4 Å². The number of carbonyl (C=O) groups is 1. The third-order valence-electron chi connectivity index (χ3n) is 4.03. The second kappa shape index (κ2) is 7.33. The Kier molecular flexibility index (Phi) is 6.10.